The third-order valence-corrected chi connectivity index (χ3v) is 4.12. The average Bonchev–Trinajstić information content (AvgIpc) is 2.72. The van der Waals surface area contributed by atoms with Crippen molar-refractivity contribution in [1.82, 2.24) is 15.0 Å². The van der Waals surface area contributed by atoms with Gasteiger partial charge in [0.2, 0.25) is 11.8 Å². The van der Waals surface area contributed by atoms with Crippen molar-refractivity contribution >= 4 is 39.7 Å². The molecule has 0 bridgehead atoms. The lowest BCUT2D eigenvalue weighted by molar-refractivity contribution is -0.114. The van der Waals surface area contributed by atoms with Gasteiger partial charge in [-0.2, -0.15) is 4.98 Å². The van der Waals surface area contributed by atoms with Gasteiger partial charge in [0.1, 0.15) is 17.5 Å². The maximum Gasteiger partial charge on any atom is 0.248 e. The minimum absolute atomic E-state index is 0.129. The molecule has 4 rings (SSSR count). The molecule has 29 heavy (non-hydrogen) atoms. The second kappa shape index (κ2) is 7.81. The fraction of sp³-hybridized carbons (Fsp3) is 0.0476. The fourth-order valence-electron chi connectivity index (χ4n) is 2.80. The van der Waals surface area contributed by atoms with E-state index in [-0.39, 0.29) is 17.5 Å². The summed E-state index contributed by atoms with van der Waals surface area (Å²) in [5.74, 6) is 1.07. The zero-order valence-electron chi connectivity index (χ0n) is 15.6. The van der Waals surface area contributed by atoms with E-state index in [1.54, 1.807) is 18.3 Å². The molecular formula is C21H18N6O2. The molecule has 2 heterocycles. The molecule has 0 aliphatic heterocycles. The number of benzene rings is 2. The first-order valence-corrected chi connectivity index (χ1v) is 8.87. The predicted octanol–water partition coefficient (Wildman–Crippen LogP) is 4.10. The highest BCUT2D eigenvalue weighted by Crippen LogP contribution is 2.33. The van der Waals surface area contributed by atoms with Crippen LogP contribution in [0.25, 0.3) is 10.9 Å². The van der Waals surface area contributed by atoms with Crippen molar-refractivity contribution < 1.29 is 9.53 Å². The van der Waals surface area contributed by atoms with Gasteiger partial charge in [-0.1, -0.05) is 18.2 Å². The third kappa shape index (κ3) is 4.06. The Bertz CT molecular complexity index is 1170. The number of ether oxygens (including phenoxy) is 1. The van der Waals surface area contributed by atoms with Crippen LogP contribution in [0.3, 0.4) is 0 Å². The van der Waals surface area contributed by atoms with Crippen LogP contribution in [0.15, 0.2) is 67.1 Å². The Hall–Kier alpha value is -4.20. The third-order valence-electron chi connectivity index (χ3n) is 4.12. The summed E-state index contributed by atoms with van der Waals surface area (Å²) in [6.07, 6.45) is 3.08. The highest BCUT2D eigenvalue weighted by atomic mass is 16.5. The zero-order chi connectivity index (χ0) is 20.2. The van der Waals surface area contributed by atoms with E-state index in [2.05, 4.69) is 25.6 Å². The van der Waals surface area contributed by atoms with E-state index in [0.29, 0.717) is 17.3 Å². The largest absolute Gasteiger partial charge is 0.435 e. The van der Waals surface area contributed by atoms with Crippen LogP contribution >= 0.6 is 0 Å². The van der Waals surface area contributed by atoms with Crippen molar-refractivity contribution in [3.8, 4) is 11.6 Å². The summed E-state index contributed by atoms with van der Waals surface area (Å²) in [6, 6.07) is 16.6. The minimum atomic E-state index is -0.129. The molecule has 0 fully saturated rings. The van der Waals surface area contributed by atoms with Gasteiger partial charge in [0.25, 0.3) is 0 Å². The summed E-state index contributed by atoms with van der Waals surface area (Å²) < 4.78 is 5.94. The molecule has 0 aliphatic rings. The van der Waals surface area contributed by atoms with Crippen molar-refractivity contribution in [2.24, 2.45) is 0 Å². The quantitative estimate of drug-likeness (QED) is 0.473. The van der Waals surface area contributed by atoms with E-state index < -0.39 is 0 Å². The second-order valence-corrected chi connectivity index (χ2v) is 6.26. The van der Waals surface area contributed by atoms with E-state index in [4.69, 9.17) is 10.5 Å². The van der Waals surface area contributed by atoms with Crippen LogP contribution in [0.2, 0.25) is 0 Å². The number of anilines is 4. The second-order valence-electron chi connectivity index (χ2n) is 6.26. The number of pyridine rings is 1. The molecule has 0 atom stereocenters. The van der Waals surface area contributed by atoms with Crippen LogP contribution in [0.5, 0.6) is 11.6 Å². The minimum Gasteiger partial charge on any atom is -0.435 e. The number of para-hydroxylation sites is 1. The van der Waals surface area contributed by atoms with E-state index in [1.807, 2.05) is 42.5 Å². The van der Waals surface area contributed by atoms with Crippen molar-refractivity contribution in [2.45, 2.75) is 6.92 Å². The van der Waals surface area contributed by atoms with Crippen LogP contribution < -0.4 is 21.1 Å². The number of fused-ring (bicyclic) bond motifs is 1. The van der Waals surface area contributed by atoms with Crippen molar-refractivity contribution in [3.05, 3.63) is 67.1 Å². The van der Waals surface area contributed by atoms with Crippen LogP contribution in [0.1, 0.15) is 6.92 Å². The Kier molecular flexibility index (Phi) is 4.90. The number of nitrogen functional groups attached to an aromatic ring is 1. The molecule has 0 saturated heterocycles. The van der Waals surface area contributed by atoms with E-state index in [1.165, 1.54) is 13.3 Å². The normalized spacial score (nSPS) is 10.5. The number of rotatable bonds is 5. The van der Waals surface area contributed by atoms with Gasteiger partial charge in [-0.3, -0.25) is 9.78 Å². The van der Waals surface area contributed by atoms with Gasteiger partial charge in [0.15, 0.2) is 11.6 Å². The van der Waals surface area contributed by atoms with Gasteiger partial charge >= 0.3 is 0 Å². The molecule has 1 amide bonds. The highest BCUT2D eigenvalue weighted by molar-refractivity contribution is 5.89. The van der Waals surface area contributed by atoms with Gasteiger partial charge < -0.3 is 21.1 Å². The topological polar surface area (TPSA) is 115 Å². The molecule has 0 aliphatic carbocycles. The number of aromatic nitrogens is 3. The molecule has 0 saturated carbocycles. The molecule has 8 heteroatoms. The first-order chi connectivity index (χ1) is 14.1. The summed E-state index contributed by atoms with van der Waals surface area (Å²) in [7, 11) is 0. The monoisotopic (exact) mass is 386 g/mol. The number of nitrogens with two attached hydrogens (primary N) is 1. The first kappa shape index (κ1) is 18.2. The molecule has 2 aromatic heterocycles. The standard InChI is InChI=1S/C21H18N6O2/c1-13(28)26-15-7-9-16(10-8-15)27-20-18(22)21(25-12-24-20)29-17-6-2-4-14-5-3-11-23-19(14)17/h2-12H,22H2,1H3,(H,26,28)(H,24,25,27). The lowest BCUT2D eigenvalue weighted by Gasteiger charge is -2.13. The average molecular weight is 386 g/mol. The molecule has 4 N–H and O–H groups in total. The highest BCUT2D eigenvalue weighted by Gasteiger charge is 2.13. The molecule has 8 nitrogen and oxygen atoms in total. The molecular weight excluding hydrogens is 368 g/mol. The molecule has 0 unspecified atom stereocenters. The number of carbonyl (C=O) groups excluding carboxylic acids is 1. The van der Waals surface area contributed by atoms with Crippen molar-refractivity contribution in [2.75, 3.05) is 16.4 Å². The maximum atomic E-state index is 11.1. The van der Waals surface area contributed by atoms with Crippen molar-refractivity contribution in [1.29, 1.82) is 0 Å². The molecule has 144 valence electrons. The van der Waals surface area contributed by atoms with Gasteiger partial charge in [-0.25, -0.2) is 4.98 Å². The van der Waals surface area contributed by atoms with Gasteiger partial charge in [-0.05, 0) is 36.4 Å². The van der Waals surface area contributed by atoms with Gasteiger partial charge in [0.05, 0.1) is 0 Å². The van der Waals surface area contributed by atoms with E-state index in [9.17, 15) is 4.79 Å². The number of carbonyl (C=O) groups is 1. The van der Waals surface area contributed by atoms with Crippen LogP contribution in [-0.2, 0) is 4.79 Å². The van der Waals surface area contributed by atoms with E-state index in [0.717, 1.165) is 16.6 Å². The fourth-order valence-corrected chi connectivity index (χ4v) is 2.80. The number of hydrogen-bond donors (Lipinski definition) is 3. The lowest BCUT2D eigenvalue weighted by Crippen LogP contribution is -2.06. The maximum absolute atomic E-state index is 11.1. The Morgan fingerprint density at radius 1 is 0.966 bits per heavy atom. The first-order valence-electron chi connectivity index (χ1n) is 8.87. The number of nitrogens with zero attached hydrogens (tertiary/aromatic N) is 3. The summed E-state index contributed by atoms with van der Waals surface area (Å²) >= 11 is 0. The number of nitrogens with one attached hydrogen (secondary N) is 2. The van der Waals surface area contributed by atoms with Crippen LogP contribution in [-0.4, -0.2) is 20.9 Å². The smallest absolute Gasteiger partial charge is 0.248 e. The van der Waals surface area contributed by atoms with E-state index >= 15 is 0 Å². The summed E-state index contributed by atoms with van der Waals surface area (Å²) in [5.41, 5.74) is 8.67. The predicted molar refractivity (Wildman–Crippen MR) is 112 cm³/mol. The zero-order valence-corrected chi connectivity index (χ0v) is 15.6. The number of hydrogen-bond acceptors (Lipinski definition) is 7. The van der Waals surface area contributed by atoms with Gasteiger partial charge in [-0.15, -0.1) is 0 Å². The Morgan fingerprint density at radius 2 is 1.72 bits per heavy atom. The van der Waals surface area contributed by atoms with Gasteiger partial charge in [0, 0.05) is 29.9 Å². The van der Waals surface area contributed by atoms with Crippen LogP contribution in [0, 0.1) is 0 Å². The Balaban J connectivity index is 1.58. The summed E-state index contributed by atoms with van der Waals surface area (Å²) in [6.45, 7) is 1.46. The molecule has 0 radical (unpaired) electrons. The van der Waals surface area contributed by atoms with Crippen molar-refractivity contribution in [3.63, 3.8) is 0 Å². The molecule has 2 aromatic carbocycles. The molecule has 4 aromatic rings. The van der Waals surface area contributed by atoms with Crippen LogP contribution in [0.4, 0.5) is 22.9 Å². The Morgan fingerprint density at radius 3 is 2.52 bits per heavy atom. The Labute approximate surface area is 166 Å². The number of amides is 1. The SMILES string of the molecule is CC(=O)Nc1ccc(Nc2ncnc(Oc3cccc4cccnc34)c2N)cc1. The summed E-state index contributed by atoms with van der Waals surface area (Å²) in [4.78, 5) is 23.8. The summed E-state index contributed by atoms with van der Waals surface area (Å²) in [5, 5.41) is 6.80. The lowest BCUT2D eigenvalue weighted by atomic mass is 10.2. The molecule has 0 spiro atoms.